The average Bonchev–Trinajstić information content (AvgIpc) is 3.15. The van der Waals surface area contributed by atoms with E-state index in [2.05, 4.69) is 11.8 Å². The third-order valence-electron chi connectivity index (χ3n) is 6.13. The summed E-state index contributed by atoms with van der Waals surface area (Å²) in [6.07, 6.45) is 6.42. The highest BCUT2D eigenvalue weighted by molar-refractivity contribution is 7.18. The summed E-state index contributed by atoms with van der Waals surface area (Å²) in [5, 5.41) is 0.861. The number of thiophene rings is 1. The molecule has 0 N–H and O–H groups in total. The van der Waals surface area contributed by atoms with Crippen LogP contribution in [-0.2, 0) is 28.9 Å². The number of hydrogen-bond donors (Lipinski definition) is 0. The van der Waals surface area contributed by atoms with Gasteiger partial charge in [0.1, 0.15) is 11.4 Å². The van der Waals surface area contributed by atoms with E-state index in [4.69, 9.17) is 9.72 Å². The highest BCUT2D eigenvalue weighted by Gasteiger charge is 2.27. The van der Waals surface area contributed by atoms with E-state index >= 15 is 0 Å². The fourth-order valence-electron chi connectivity index (χ4n) is 4.42. The average molecular weight is 433 g/mol. The fourth-order valence-corrected chi connectivity index (χ4v) is 5.67. The molecule has 0 radical (unpaired) electrons. The third kappa shape index (κ3) is 4.12. The number of nitrogens with zero attached hydrogens (tertiary/aromatic N) is 4. The van der Waals surface area contributed by atoms with Crippen molar-refractivity contribution >= 4 is 33.4 Å². The first-order valence-electron chi connectivity index (χ1n) is 11.3. The van der Waals surface area contributed by atoms with E-state index in [0.717, 1.165) is 48.3 Å². The Morgan fingerprint density at radius 2 is 1.90 bits per heavy atom. The first-order chi connectivity index (χ1) is 14.6. The number of unbranched alkanes of at least 4 members (excludes halogenated alkanes) is 1. The van der Waals surface area contributed by atoms with Crippen molar-refractivity contribution in [2.45, 2.75) is 58.9 Å². The second kappa shape index (κ2) is 9.47. The molecule has 0 bridgehead atoms. The molecule has 1 aliphatic heterocycles. The Morgan fingerprint density at radius 1 is 1.13 bits per heavy atom. The Balaban J connectivity index is 1.63. The third-order valence-corrected chi connectivity index (χ3v) is 7.32. The molecule has 7 nitrogen and oxygen atoms in total. The lowest BCUT2D eigenvalue weighted by Crippen LogP contribution is -2.51. The number of aryl methyl sites for hydroxylation is 2. The normalized spacial score (nSPS) is 16.9. The first-order valence-corrected chi connectivity index (χ1v) is 12.1. The quantitative estimate of drug-likeness (QED) is 0.673. The molecular formula is C22H32N4O3S. The van der Waals surface area contributed by atoms with Crippen molar-refractivity contribution in [2.75, 3.05) is 44.3 Å². The molecule has 0 aromatic carbocycles. The van der Waals surface area contributed by atoms with E-state index in [0.29, 0.717) is 39.3 Å². The van der Waals surface area contributed by atoms with Crippen LogP contribution in [0.1, 0.15) is 50.0 Å². The molecule has 2 aliphatic rings. The highest BCUT2D eigenvalue weighted by atomic mass is 32.1. The predicted octanol–water partition coefficient (Wildman–Crippen LogP) is 2.82. The van der Waals surface area contributed by atoms with Crippen LogP contribution in [0.3, 0.4) is 0 Å². The van der Waals surface area contributed by atoms with Gasteiger partial charge >= 0.3 is 0 Å². The minimum Gasteiger partial charge on any atom is -0.372 e. The number of rotatable bonds is 7. The zero-order valence-electron chi connectivity index (χ0n) is 18.1. The van der Waals surface area contributed by atoms with Crippen LogP contribution in [0.5, 0.6) is 0 Å². The predicted molar refractivity (Wildman–Crippen MR) is 121 cm³/mol. The minimum atomic E-state index is 0.0363. The molecule has 1 fully saturated rings. The Bertz CT molecular complexity index is 959. The molecule has 1 aliphatic carbocycles. The van der Waals surface area contributed by atoms with Gasteiger partial charge in [-0.15, -0.1) is 11.3 Å². The van der Waals surface area contributed by atoms with Gasteiger partial charge in [-0.05, 0) is 44.6 Å². The van der Waals surface area contributed by atoms with Crippen molar-refractivity contribution in [2.24, 2.45) is 0 Å². The van der Waals surface area contributed by atoms with Crippen LogP contribution < -0.4 is 10.5 Å². The Hall–Kier alpha value is -1.93. The van der Waals surface area contributed by atoms with Crippen LogP contribution in [-0.4, -0.2) is 59.8 Å². The second-order valence-electron chi connectivity index (χ2n) is 8.12. The maximum absolute atomic E-state index is 13.5. The van der Waals surface area contributed by atoms with Gasteiger partial charge in [-0.2, -0.15) is 0 Å². The molecule has 8 heteroatoms. The lowest BCUT2D eigenvalue weighted by Gasteiger charge is -2.36. The summed E-state index contributed by atoms with van der Waals surface area (Å²) < 4.78 is 7.16. The Kier molecular flexibility index (Phi) is 6.73. The smallest absolute Gasteiger partial charge is 0.263 e. The number of fused-ring (bicyclic) bond motifs is 3. The van der Waals surface area contributed by atoms with Gasteiger partial charge < -0.3 is 14.5 Å². The molecular weight excluding hydrogens is 400 g/mol. The number of aromatic nitrogens is 2. The first kappa shape index (κ1) is 21.3. The van der Waals surface area contributed by atoms with Crippen molar-refractivity contribution in [3.63, 3.8) is 0 Å². The van der Waals surface area contributed by atoms with Crippen molar-refractivity contribution in [3.8, 4) is 0 Å². The summed E-state index contributed by atoms with van der Waals surface area (Å²) in [7, 11) is 0. The number of carbonyl (C=O) groups is 1. The van der Waals surface area contributed by atoms with Crippen molar-refractivity contribution in [3.05, 3.63) is 20.8 Å². The van der Waals surface area contributed by atoms with Crippen LogP contribution in [0.25, 0.3) is 10.2 Å². The zero-order chi connectivity index (χ0) is 21.1. The van der Waals surface area contributed by atoms with Crippen LogP contribution in [0.2, 0.25) is 0 Å². The van der Waals surface area contributed by atoms with Gasteiger partial charge in [0.15, 0.2) is 0 Å². The molecule has 164 valence electrons. The van der Waals surface area contributed by atoms with Crippen molar-refractivity contribution in [1.82, 2.24) is 14.5 Å². The molecule has 0 spiro atoms. The molecule has 30 heavy (non-hydrogen) atoms. The number of anilines is 1. The Morgan fingerprint density at radius 3 is 2.63 bits per heavy atom. The van der Waals surface area contributed by atoms with E-state index in [1.807, 2.05) is 16.4 Å². The summed E-state index contributed by atoms with van der Waals surface area (Å²) in [4.78, 5) is 37.1. The summed E-state index contributed by atoms with van der Waals surface area (Å²) in [5.74, 6) is 0.811. The van der Waals surface area contributed by atoms with Gasteiger partial charge in [0.25, 0.3) is 5.56 Å². The molecule has 1 amide bonds. The van der Waals surface area contributed by atoms with Crippen LogP contribution in [0.4, 0.5) is 5.95 Å². The topological polar surface area (TPSA) is 67.7 Å². The lowest BCUT2D eigenvalue weighted by atomic mass is 9.97. The summed E-state index contributed by atoms with van der Waals surface area (Å²) in [5.41, 5.74) is 1.37. The summed E-state index contributed by atoms with van der Waals surface area (Å²) in [6, 6.07) is 0. The van der Waals surface area contributed by atoms with E-state index in [-0.39, 0.29) is 18.1 Å². The molecule has 1 saturated heterocycles. The Labute approximate surface area is 181 Å². The van der Waals surface area contributed by atoms with Crippen molar-refractivity contribution < 1.29 is 9.53 Å². The molecule has 0 atom stereocenters. The number of piperazine rings is 1. The lowest BCUT2D eigenvalue weighted by molar-refractivity contribution is -0.136. The zero-order valence-corrected chi connectivity index (χ0v) is 18.9. The van der Waals surface area contributed by atoms with Crippen LogP contribution in [0.15, 0.2) is 4.79 Å². The number of hydrogen-bond acceptors (Lipinski definition) is 6. The maximum Gasteiger partial charge on any atom is 0.263 e. The molecule has 0 unspecified atom stereocenters. The fraction of sp³-hybridized carbons (Fsp3) is 0.682. The number of amides is 1. The number of ether oxygens (including phenoxy) is 1. The van der Waals surface area contributed by atoms with Gasteiger partial charge in [0.2, 0.25) is 11.9 Å². The van der Waals surface area contributed by atoms with Crippen LogP contribution in [0, 0.1) is 0 Å². The van der Waals surface area contributed by atoms with E-state index < -0.39 is 0 Å². The summed E-state index contributed by atoms with van der Waals surface area (Å²) >= 11 is 1.71. The molecule has 0 saturated carbocycles. The molecule has 3 heterocycles. The maximum atomic E-state index is 13.5. The van der Waals surface area contributed by atoms with E-state index in [1.54, 1.807) is 11.3 Å². The largest absolute Gasteiger partial charge is 0.372 e. The van der Waals surface area contributed by atoms with Gasteiger partial charge in [-0.3, -0.25) is 14.2 Å². The van der Waals surface area contributed by atoms with Gasteiger partial charge in [-0.1, -0.05) is 13.3 Å². The molecule has 2 aromatic heterocycles. The number of carbonyl (C=O) groups excluding carboxylic acids is 1. The van der Waals surface area contributed by atoms with E-state index in [9.17, 15) is 9.59 Å². The second-order valence-corrected chi connectivity index (χ2v) is 9.20. The SMILES string of the molecule is CCCCn1c(N2CCN(C(=O)COCC)CC2)nc2sc3c(c2c1=O)CCCC3. The van der Waals surface area contributed by atoms with Crippen LogP contribution >= 0.6 is 11.3 Å². The van der Waals surface area contributed by atoms with Gasteiger partial charge in [0.05, 0.1) is 5.39 Å². The standard InChI is InChI=1S/C22H32N4O3S/c1-3-5-10-26-21(28)19-16-8-6-7-9-17(16)30-20(19)23-22(26)25-13-11-24(12-14-25)18(27)15-29-4-2/h3-15H2,1-2H3. The van der Waals surface area contributed by atoms with Crippen molar-refractivity contribution in [1.29, 1.82) is 0 Å². The van der Waals surface area contributed by atoms with Gasteiger partial charge in [0, 0.05) is 44.2 Å². The minimum absolute atomic E-state index is 0.0363. The van der Waals surface area contributed by atoms with E-state index in [1.165, 1.54) is 16.9 Å². The highest BCUT2D eigenvalue weighted by Crippen LogP contribution is 2.34. The van der Waals surface area contributed by atoms with Gasteiger partial charge in [-0.25, -0.2) is 4.98 Å². The molecule has 4 rings (SSSR count). The molecule has 2 aromatic rings. The monoisotopic (exact) mass is 432 g/mol. The summed E-state index contributed by atoms with van der Waals surface area (Å²) in [6.45, 7) is 8.06.